The van der Waals surface area contributed by atoms with Gasteiger partial charge in [0.1, 0.15) is 0 Å². The Bertz CT molecular complexity index is 132. The van der Waals surface area contributed by atoms with Gasteiger partial charge in [0.25, 0.3) is 0 Å². The lowest BCUT2D eigenvalue weighted by atomic mass is 10.0. The minimum absolute atomic E-state index is 0.0778. The normalized spacial score (nSPS) is 11.3. The molecule has 0 saturated heterocycles. The molecule has 66 valence electrons. The summed E-state index contributed by atoms with van der Waals surface area (Å²) in [6.07, 6.45) is 1.09. The first kappa shape index (κ1) is 10.4. The van der Waals surface area contributed by atoms with Crippen LogP contribution in [-0.4, -0.2) is 23.2 Å². The fourth-order valence-electron chi connectivity index (χ4n) is 0.630. The van der Waals surface area contributed by atoms with E-state index in [2.05, 4.69) is 5.32 Å². The van der Waals surface area contributed by atoms with E-state index in [0.29, 0.717) is 0 Å². The van der Waals surface area contributed by atoms with Gasteiger partial charge in [-0.2, -0.15) is 0 Å². The molecule has 2 N–H and O–H groups in total. The van der Waals surface area contributed by atoms with E-state index in [1.165, 1.54) is 0 Å². The number of amides is 1. The Morgan fingerprint density at radius 3 is 2.45 bits per heavy atom. The van der Waals surface area contributed by atoms with Crippen molar-refractivity contribution in [1.29, 1.82) is 0 Å². The SMILES string of the molecule is CCC(C)(C)NC(=O)CCO. The van der Waals surface area contributed by atoms with Crippen LogP contribution in [0.1, 0.15) is 33.6 Å². The quantitative estimate of drug-likeness (QED) is 0.633. The average Bonchev–Trinajstić information content (AvgIpc) is 1.87. The van der Waals surface area contributed by atoms with Crippen LogP contribution in [0.3, 0.4) is 0 Å². The molecule has 0 atom stereocenters. The summed E-state index contributed by atoms with van der Waals surface area (Å²) in [5.41, 5.74) is -0.147. The van der Waals surface area contributed by atoms with Crippen molar-refractivity contribution in [3.63, 3.8) is 0 Å². The van der Waals surface area contributed by atoms with Gasteiger partial charge in [0.15, 0.2) is 0 Å². The lowest BCUT2D eigenvalue weighted by molar-refractivity contribution is -0.123. The largest absolute Gasteiger partial charge is 0.396 e. The molecule has 3 heteroatoms. The molecule has 0 aromatic carbocycles. The van der Waals surface area contributed by atoms with E-state index in [9.17, 15) is 4.79 Å². The average molecular weight is 159 g/mol. The van der Waals surface area contributed by atoms with Crippen molar-refractivity contribution in [2.45, 2.75) is 39.2 Å². The Balaban J connectivity index is 3.74. The number of rotatable bonds is 4. The Morgan fingerprint density at radius 2 is 2.09 bits per heavy atom. The Kier molecular flexibility index (Phi) is 4.11. The van der Waals surface area contributed by atoms with Crippen molar-refractivity contribution in [3.8, 4) is 0 Å². The fraction of sp³-hybridized carbons (Fsp3) is 0.875. The van der Waals surface area contributed by atoms with E-state index in [4.69, 9.17) is 5.11 Å². The molecule has 0 aliphatic carbocycles. The zero-order chi connectivity index (χ0) is 8.91. The molecular formula is C8H17NO2. The minimum atomic E-state index is -0.147. The number of aliphatic hydroxyl groups excluding tert-OH is 1. The third-order valence-electron chi connectivity index (χ3n) is 1.70. The zero-order valence-corrected chi connectivity index (χ0v) is 7.48. The molecule has 0 radical (unpaired) electrons. The third-order valence-corrected chi connectivity index (χ3v) is 1.70. The van der Waals surface area contributed by atoms with Gasteiger partial charge in [-0.1, -0.05) is 6.92 Å². The van der Waals surface area contributed by atoms with Gasteiger partial charge in [0.2, 0.25) is 5.91 Å². The van der Waals surface area contributed by atoms with Crippen LogP contribution < -0.4 is 5.32 Å². The van der Waals surface area contributed by atoms with Crippen molar-refractivity contribution in [2.24, 2.45) is 0 Å². The van der Waals surface area contributed by atoms with Crippen LogP contribution in [-0.2, 0) is 4.79 Å². The van der Waals surface area contributed by atoms with E-state index < -0.39 is 0 Å². The molecule has 0 fully saturated rings. The van der Waals surface area contributed by atoms with E-state index >= 15 is 0 Å². The van der Waals surface area contributed by atoms with Crippen LogP contribution in [0.4, 0.5) is 0 Å². The summed E-state index contributed by atoms with van der Waals surface area (Å²) in [5.74, 6) is -0.0839. The molecule has 0 aliphatic rings. The van der Waals surface area contributed by atoms with Gasteiger partial charge < -0.3 is 10.4 Å². The van der Waals surface area contributed by atoms with E-state index in [-0.39, 0.29) is 24.5 Å². The second-order valence-corrected chi connectivity index (χ2v) is 3.26. The summed E-state index contributed by atoms with van der Waals surface area (Å²) in [4.78, 5) is 10.9. The molecule has 3 nitrogen and oxygen atoms in total. The molecule has 0 rings (SSSR count). The Labute approximate surface area is 67.8 Å². The summed E-state index contributed by atoms with van der Waals surface area (Å²) in [5, 5.41) is 11.3. The van der Waals surface area contributed by atoms with E-state index in [0.717, 1.165) is 6.42 Å². The first-order chi connectivity index (χ1) is 5.02. The van der Waals surface area contributed by atoms with Crippen molar-refractivity contribution in [1.82, 2.24) is 5.32 Å². The third kappa shape index (κ3) is 4.79. The standard InChI is InChI=1S/C8H17NO2/c1-4-8(2,3)9-7(11)5-6-10/h10H,4-6H2,1-3H3,(H,9,11). The number of carbonyl (C=O) groups excluding carboxylic acids is 1. The van der Waals surface area contributed by atoms with Crippen LogP contribution in [0.15, 0.2) is 0 Å². The monoisotopic (exact) mass is 159 g/mol. The summed E-state index contributed by atoms with van der Waals surface area (Å²) >= 11 is 0. The number of aliphatic hydroxyl groups is 1. The first-order valence-electron chi connectivity index (χ1n) is 3.93. The van der Waals surface area contributed by atoms with Gasteiger partial charge in [-0.3, -0.25) is 4.79 Å². The Morgan fingerprint density at radius 1 is 1.55 bits per heavy atom. The lowest BCUT2D eigenvalue weighted by Gasteiger charge is -2.24. The highest BCUT2D eigenvalue weighted by atomic mass is 16.3. The van der Waals surface area contributed by atoms with Crippen molar-refractivity contribution in [2.75, 3.05) is 6.61 Å². The maximum absolute atomic E-state index is 10.9. The number of nitrogens with one attached hydrogen (secondary N) is 1. The lowest BCUT2D eigenvalue weighted by Crippen LogP contribution is -2.42. The molecule has 0 aromatic rings. The highest BCUT2D eigenvalue weighted by Gasteiger charge is 2.16. The summed E-state index contributed by atoms with van der Waals surface area (Å²) in [7, 11) is 0. The molecule has 0 bridgehead atoms. The van der Waals surface area contributed by atoms with E-state index in [1.807, 2.05) is 20.8 Å². The second kappa shape index (κ2) is 4.34. The first-order valence-corrected chi connectivity index (χ1v) is 3.93. The van der Waals surface area contributed by atoms with Crippen LogP contribution in [0.5, 0.6) is 0 Å². The van der Waals surface area contributed by atoms with Crippen molar-refractivity contribution < 1.29 is 9.90 Å². The highest BCUT2D eigenvalue weighted by Crippen LogP contribution is 2.06. The molecule has 0 aliphatic heterocycles. The number of hydrogen-bond acceptors (Lipinski definition) is 2. The summed E-state index contributed by atoms with van der Waals surface area (Å²) in [6.45, 7) is 5.86. The van der Waals surface area contributed by atoms with Crippen molar-refractivity contribution in [3.05, 3.63) is 0 Å². The van der Waals surface area contributed by atoms with Gasteiger partial charge >= 0.3 is 0 Å². The van der Waals surface area contributed by atoms with Crippen LogP contribution in [0.2, 0.25) is 0 Å². The molecule has 11 heavy (non-hydrogen) atoms. The second-order valence-electron chi connectivity index (χ2n) is 3.26. The van der Waals surface area contributed by atoms with Crippen LogP contribution in [0.25, 0.3) is 0 Å². The van der Waals surface area contributed by atoms with Gasteiger partial charge in [-0.05, 0) is 20.3 Å². The maximum Gasteiger partial charge on any atom is 0.222 e. The number of hydrogen-bond donors (Lipinski definition) is 2. The number of carbonyl (C=O) groups is 1. The smallest absolute Gasteiger partial charge is 0.222 e. The molecule has 0 unspecified atom stereocenters. The maximum atomic E-state index is 10.9. The fourth-order valence-corrected chi connectivity index (χ4v) is 0.630. The molecule has 0 aromatic heterocycles. The van der Waals surface area contributed by atoms with Crippen LogP contribution >= 0.6 is 0 Å². The topological polar surface area (TPSA) is 49.3 Å². The summed E-state index contributed by atoms with van der Waals surface area (Å²) in [6, 6.07) is 0. The molecule has 0 spiro atoms. The summed E-state index contributed by atoms with van der Waals surface area (Å²) < 4.78 is 0. The van der Waals surface area contributed by atoms with Gasteiger partial charge in [-0.25, -0.2) is 0 Å². The van der Waals surface area contributed by atoms with Crippen LogP contribution in [0, 0.1) is 0 Å². The van der Waals surface area contributed by atoms with Crippen molar-refractivity contribution >= 4 is 5.91 Å². The predicted molar refractivity (Wildman–Crippen MR) is 44.2 cm³/mol. The predicted octanol–water partition coefficient (Wildman–Crippen LogP) is 0.674. The van der Waals surface area contributed by atoms with Gasteiger partial charge in [0, 0.05) is 12.0 Å². The molecular weight excluding hydrogens is 142 g/mol. The molecule has 1 amide bonds. The van der Waals surface area contributed by atoms with Gasteiger partial charge in [0.05, 0.1) is 6.61 Å². The zero-order valence-electron chi connectivity index (χ0n) is 7.48. The molecule has 0 heterocycles. The highest BCUT2D eigenvalue weighted by molar-refractivity contribution is 5.76. The van der Waals surface area contributed by atoms with E-state index in [1.54, 1.807) is 0 Å². The Hall–Kier alpha value is -0.570. The van der Waals surface area contributed by atoms with Gasteiger partial charge in [-0.15, -0.1) is 0 Å². The minimum Gasteiger partial charge on any atom is -0.396 e. The molecule has 0 saturated carbocycles.